The third-order valence-corrected chi connectivity index (χ3v) is 4.65. The lowest BCUT2D eigenvalue weighted by Crippen LogP contribution is -2.17. The molecule has 0 radical (unpaired) electrons. The van der Waals surface area contributed by atoms with Crippen LogP contribution in [-0.2, 0) is 9.71 Å². The second-order valence-electron chi connectivity index (χ2n) is 4.52. The predicted octanol–water partition coefficient (Wildman–Crippen LogP) is 2.38. The van der Waals surface area contributed by atoms with Crippen LogP contribution in [0.2, 0.25) is 0 Å². The zero-order valence-corrected chi connectivity index (χ0v) is 12.6. The van der Waals surface area contributed by atoms with Gasteiger partial charge in [-0.15, -0.1) is 0 Å². The van der Waals surface area contributed by atoms with E-state index in [1.54, 1.807) is 0 Å². The molecule has 0 bridgehead atoms. The van der Waals surface area contributed by atoms with E-state index in [1.165, 1.54) is 29.6 Å². The molecule has 7 heteroatoms. The van der Waals surface area contributed by atoms with E-state index < -0.39 is 14.6 Å². The molecule has 0 aromatic heterocycles. The Bertz CT molecular complexity index is 751. The summed E-state index contributed by atoms with van der Waals surface area (Å²) in [5.74, 6) is 0.731. The van der Waals surface area contributed by atoms with Crippen molar-refractivity contribution < 1.29 is 13.9 Å². The summed E-state index contributed by atoms with van der Waals surface area (Å²) in [6, 6.07) is 14.7. The van der Waals surface area contributed by atoms with Gasteiger partial charge in [-0.2, -0.15) is 0 Å². The van der Waals surface area contributed by atoms with E-state index in [-0.39, 0.29) is 5.69 Å². The first-order chi connectivity index (χ1) is 10.5. The molecule has 1 unspecified atom stereocenters. The lowest BCUT2D eigenvalue weighted by Gasteiger charge is -2.07. The van der Waals surface area contributed by atoms with Gasteiger partial charge in [0.25, 0.3) is 5.69 Å². The van der Waals surface area contributed by atoms with Crippen molar-refractivity contribution in [2.24, 2.45) is 5.14 Å². The summed E-state index contributed by atoms with van der Waals surface area (Å²) >= 11 is 0. The minimum absolute atomic E-state index is 0.0636. The number of hydrogen-bond donors (Lipinski definition) is 1. The maximum Gasteiger partial charge on any atom is 0.269 e. The Labute approximate surface area is 128 Å². The Morgan fingerprint density at radius 1 is 1.14 bits per heavy atom. The highest BCUT2D eigenvalue weighted by atomic mass is 32.2. The number of rotatable bonds is 6. The zero-order chi connectivity index (χ0) is 16.0. The molecule has 0 fully saturated rings. The molecule has 1 atom stereocenters. The molecular weight excluding hydrogens is 304 g/mol. The minimum atomic E-state index is -2.83. The standard InChI is InChI=1S/C15H16N2O4S/c16-22(20,15-9-7-13(8-10-15)17(18)19)12-4-11-21-14-5-2-1-3-6-14/h1-3,5-10,12H,4,11H2,(H2,16,20). The molecule has 22 heavy (non-hydrogen) atoms. The number of nitrogens with zero attached hydrogens (tertiary/aromatic N) is 1. The fraction of sp³-hybridized carbons (Fsp3) is 0.133. The Morgan fingerprint density at radius 2 is 1.77 bits per heavy atom. The fourth-order valence-electron chi connectivity index (χ4n) is 1.79. The van der Waals surface area contributed by atoms with E-state index in [0.29, 0.717) is 17.9 Å². The lowest BCUT2D eigenvalue weighted by molar-refractivity contribution is -0.384. The van der Waals surface area contributed by atoms with Gasteiger partial charge in [-0.3, -0.25) is 15.3 Å². The van der Waals surface area contributed by atoms with Gasteiger partial charge in [-0.05, 0) is 29.6 Å². The molecule has 0 heterocycles. The summed E-state index contributed by atoms with van der Waals surface area (Å²) in [6.07, 6.45) is 0.404. The van der Waals surface area contributed by atoms with Crippen molar-refractivity contribution in [2.45, 2.75) is 11.3 Å². The van der Waals surface area contributed by atoms with Crippen molar-refractivity contribution in [1.82, 2.24) is 0 Å². The molecule has 116 valence electrons. The average molecular weight is 320 g/mol. The van der Waals surface area contributed by atoms with Crippen LogP contribution < -0.4 is 9.88 Å². The molecule has 2 aromatic rings. The van der Waals surface area contributed by atoms with Gasteiger partial charge in [-0.25, -0.2) is 4.21 Å². The van der Waals surface area contributed by atoms with Crippen molar-refractivity contribution >= 4 is 20.8 Å². The van der Waals surface area contributed by atoms with Crippen LogP contribution in [0.5, 0.6) is 5.75 Å². The minimum Gasteiger partial charge on any atom is -0.493 e. The predicted molar refractivity (Wildman–Crippen MR) is 86.3 cm³/mol. The van der Waals surface area contributed by atoms with E-state index in [1.807, 2.05) is 30.3 Å². The Kier molecular flexibility index (Phi) is 5.13. The molecule has 0 aliphatic heterocycles. The van der Waals surface area contributed by atoms with Crippen LogP contribution in [0.25, 0.3) is 0 Å². The molecule has 0 saturated carbocycles. The SMILES string of the molecule is NS(=O)(=CCCOc1ccccc1)c1ccc([N+](=O)[O-])cc1. The van der Waals surface area contributed by atoms with E-state index in [0.717, 1.165) is 5.75 Å². The highest BCUT2D eigenvalue weighted by Gasteiger charge is 2.08. The number of benzene rings is 2. The molecular formula is C15H16N2O4S. The molecule has 0 amide bonds. The van der Waals surface area contributed by atoms with Crippen molar-refractivity contribution in [3.05, 3.63) is 64.7 Å². The van der Waals surface area contributed by atoms with E-state index in [2.05, 4.69) is 0 Å². The topological polar surface area (TPSA) is 95.5 Å². The van der Waals surface area contributed by atoms with Gasteiger partial charge >= 0.3 is 0 Å². The maximum absolute atomic E-state index is 12.4. The Hall–Kier alpha value is -2.38. The van der Waals surface area contributed by atoms with Crippen LogP contribution in [0.1, 0.15) is 6.42 Å². The molecule has 2 N–H and O–H groups in total. The molecule has 6 nitrogen and oxygen atoms in total. The largest absolute Gasteiger partial charge is 0.493 e. The first-order valence-corrected chi connectivity index (χ1v) is 8.25. The summed E-state index contributed by atoms with van der Waals surface area (Å²) in [6.45, 7) is 0.352. The molecule has 0 aliphatic rings. The van der Waals surface area contributed by atoms with Crippen LogP contribution >= 0.6 is 0 Å². The van der Waals surface area contributed by atoms with Crippen LogP contribution in [0.15, 0.2) is 59.5 Å². The number of para-hydroxylation sites is 1. The fourth-order valence-corrected chi connectivity index (χ4v) is 2.99. The molecule has 2 aromatic carbocycles. The van der Waals surface area contributed by atoms with E-state index >= 15 is 0 Å². The average Bonchev–Trinajstić information content (AvgIpc) is 2.53. The first-order valence-electron chi connectivity index (χ1n) is 6.56. The van der Waals surface area contributed by atoms with Gasteiger partial charge in [0.05, 0.1) is 21.2 Å². The summed E-state index contributed by atoms with van der Waals surface area (Å²) < 4.78 is 17.9. The lowest BCUT2D eigenvalue weighted by atomic mass is 10.3. The monoisotopic (exact) mass is 320 g/mol. The van der Waals surface area contributed by atoms with Gasteiger partial charge in [0.1, 0.15) is 5.75 Å². The second-order valence-corrected chi connectivity index (χ2v) is 6.62. The van der Waals surface area contributed by atoms with Crippen molar-refractivity contribution in [2.75, 3.05) is 6.61 Å². The van der Waals surface area contributed by atoms with Crippen molar-refractivity contribution in [3.8, 4) is 5.75 Å². The number of nitrogens with two attached hydrogens (primary N) is 1. The maximum atomic E-state index is 12.4. The number of nitro groups is 1. The van der Waals surface area contributed by atoms with Gasteiger partial charge in [0.15, 0.2) is 0 Å². The third-order valence-electron chi connectivity index (χ3n) is 2.91. The number of ether oxygens (including phenoxy) is 1. The van der Waals surface area contributed by atoms with Crippen LogP contribution in [0, 0.1) is 10.1 Å². The summed E-state index contributed by atoms with van der Waals surface area (Å²) in [5.41, 5.74) is -0.0636. The molecule has 0 saturated heterocycles. The summed E-state index contributed by atoms with van der Waals surface area (Å²) in [7, 11) is -2.83. The zero-order valence-electron chi connectivity index (χ0n) is 11.8. The highest BCUT2D eigenvalue weighted by Crippen LogP contribution is 2.15. The van der Waals surface area contributed by atoms with Crippen molar-refractivity contribution in [3.63, 3.8) is 0 Å². The number of non-ortho nitro benzene ring substituents is 1. The Morgan fingerprint density at radius 3 is 2.36 bits per heavy atom. The number of hydrogen-bond acceptors (Lipinski definition) is 4. The van der Waals surface area contributed by atoms with Crippen LogP contribution in [0.3, 0.4) is 0 Å². The summed E-state index contributed by atoms with van der Waals surface area (Å²) in [4.78, 5) is 10.4. The third kappa shape index (κ3) is 4.31. The normalized spacial score (nSPS) is 13.1. The smallest absolute Gasteiger partial charge is 0.269 e. The Balaban J connectivity index is 1.99. The molecule has 2 rings (SSSR count). The first kappa shape index (κ1) is 16.0. The quantitative estimate of drug-likeness (QED) is 0.382. The highest BCUT2D eigenvalue weighted by molar-refractivity contribution is 7.99. The van der Waals surface area contributed by atoms with Crippen LogP contribution in [0.4, 0.5) is 5.69 Å². The second kappa shape index (κ2) is 7.06. The van der Waals surface area contributed by atoms with Gasteiger partial charge < -0.3 is 4.74 Å². The van der Waals surface area contributed by atoms with Gasteiger partial charge in [0, 0.05) is 23.4 Å². The van der Waals surface area contributed by atoms with Crippen LogP contribution in [-0.4, -0.2) is 21.1 Å². The van der Waals surface area contributed by atoms with Gasteiger partial charge in [0.2, 0.25) is 0 Å². The van der Waals surface area contributed by atoms with Crippen molar-refractivity contribution in [1.29, 1.82) is 0 Å². The van der Waals surface area contributed by atoms with E-state index in [9.17, 15) is 14.3 Å². The summed E-state index contributed by atoms with van der Waals surface area (Å²) in [5, 5.41) is 17.9. The molecule has 0 aliphatic carbocycles. The molecule has 0 spiro atoms. The van der Waals surface area contributed by atoms with Gasteiger partial charge in [-0.1, -0.05) is 18.2 Å². The van der Waals surface area contributed by atoms with E-state index in [4.69, 9.17) is 9.88 Å². The number of nitro benzene ring substituents is 1.